The first-order valence-electron chi connectivity index (χ1n) is 7.54. The van der Waals surface area contributed by atoms with E-state index in [2.05, 4.69) is 14.9 Å². The molecular weight excluding hydrogens is 338 g/mol. The van der Waals surface area contributed by atoms with E-state index in [4.69, 9.17) is 16.3 Å². The summed E-state index contributed by atoms with van der Waals surface area (Å²) in [5.41, 5.74) is 0.433. The summed E-state index contributed by atoms with van der Waals surface area (Å²) in [5.74, 6) is -0.191. The van der Waals surface area contributed by atoms with Gasteiger partial charge in [0.05, 0.1) is 19.5 Å². The highest BCUT2D eigenvalue weighted by molar-refractivity contribution is 6.31. The summed E-state index contributed by atoms with van der Waals surface area (Å²) in [4.78, 5) is 12.0. The van der Waals surface area contributed by atoms with Crippen molar-refractivity contribution >= 4 is 17.5 Å². The molecule has 128 valence electrons. The first-order chi connectivity index (χ1) is 11.6. The molecule has 0 aliphatic carbocycles. The van der Waals surface area contributed by atoms with Crippen molar-refractivity contribution in [3.63, 3.8) is 0 Å². The number of nitrogens with zero attached hydrogens (tertiary/aromatic N) is 4. The number of ether oxygens (including phenoxy) is 1. The molecule has 1 aromatic carbocycles. The lowest BCUT2D eigenvalue weighted by molar-refractivity contribution is 0.244. The molecule has 0 atom stereocenters. The fourth-order valence-electron chi connectivity index (χ4n) is 2.68. The quantitative estimate of drug-likeness (QED) is 0.844. The third kappa shape index (κ3) is 3.57. The van der Waals surface area contributed by atoms with E-state index in [1.165, 1.54) is 13.2 Å². The van der Waals surface area contributed by atoms with Gasteiger partial charge in [0.1, 0.15) is 0 Å². The second-order valence-corrected chi connectivity index (χ2v) is 5.91. The molecule has 0 spiro atoms. The van der Waals surface area contributed by atoms with Crippen LogP contribution in [-0.2, 0) is 6.54 Å². The standard InChI is InChI=1S/C16H17ClF2N4O/c1-24-14-3-2-13(17)12(15(14)19)10-22-4-6-23(7-5-22)16-20-8-11(18)9-21-16/h2-3,8-9H,4-7,10H2,1H3. The van der Waals surface area contributed by atoms with Gasteiger partial charge in [0.2, 0.25) is 5.95 Å². The normalized spacial score (nSPS) is 15.6. The van der Waals surface area contributed by atoms with Gasteiger partial charge in [-0.05, 0) is 12.1 Å². The van der Waals surface area contributed by atoms with Crippen LogP contribution in [0.3, 0.4) is 0 Å². The second-order valence-electron chi connectivity index (χ2n) is 5.51. The number of aromatic nitrogens is 2. The highest BCUT2D eigenvalue weighted by atomic mass is 35.5. The fourth-order valence-corrected chi connectivity index (χ4v) is 2.88. The predicted molar refractivity (Wildman–Crippen MR) is 87.4 cm³/mol. The van der Waals surface area contributed by atoms with Crippen molar-refractivity contribution in [1.29, 1.82) is 0 Å². The number of benzene rings is 1. The molecule has 1 saturated heterocycles. The Hall–Kier alpha value is -1.99. The number of anilines is 1. The van der Waals surface area contributed by atoms with Crippen molar-refractivity contribution in [2.75, 3.05) is 38.2 Å². The Morgan fingerprint density at radius 2 is 1.79 bits per heavy atom. The summed E-state index contributed by atoms with van der Waals surface area (Å²) >= 11 is 6.13. The molecule has 5 nitrogen and oxygen atoms in total. The third-order valence-corrected chi connectivity index (χ3v) is 4.37. The molecule has 0 bridgehead atoms. The van der Waals surface area contributed by atoms with Gasteiger partial charge in [0.15, 0.2) is 17.4 Å². The van der Waals surface area contributed by atoms with Gasteiger partial charge in [-0.1, -0.05) is 11.6 Å². The molecule has 0 amide bonds. The molecule has 1 aliphatic rings. The van der Waals surface area contributed by atoms with Gasteiger partial charge < -0.3 is 9.64 Å². The highest BCUT2D eigenvalue weighted by Crippen LogP contribution is 2.28. The zero-order valence-electron chi connectivity index (χ0n) is 13.2. The summed E-state index contributed by atoms with van der Waals surface area (Å²) in [5, 5.41) is 0.387. The molecule has 2 aromatic rings. The maximum absolute atomic E-state index is 14.4. The summed E-state index contributed by atoms with van der Waals surface area (Å²) < 4.78 is 32.3. The van der Waals surface area contributed by atoms with Gasteiger partial charge in [-0.3, -0.25) is 4.90 Å². The molecule has 1 fully saturated rings. The molecule has 3 rings (SSSR count). The van der Waals surface area contributed by atoms with Crippen LogP contribution in [0.15, 0.2) is 24.5 Å². The molecule has 2 heterocycles. The molecular formula is C16H17ClF2N4O. The second kappa shape index (κ2) is 7.27. The van der Waals surface area contributed by atoms with Crippen molar-refractivity contribution in [3.05, 3.63) is 46.7 Å². The maximum atomic E-state index is 14.4. The average molecular weight is 355 g/mol. The Bertz CT molecular complexity index is 706. The van der Waals surface area contributed by atoms with E-state index in [-0.39, 0.29) is 5.75 Å². The van der Waals surface area contributed by atoms with Crippen molar-refractivity contribution in [2.24, 2.45) is 0 Å². The van der Waals surface area contributed by atoms with E-state index in [0.29, 0.717) is 49.3 Å². The number of halogens is 3. The summed E-state index contributed by atoms with van der Waals surface area (Å²) in [7, 11) is 1.43. The third-order valence-electron chi connectivity index (χ3n) is 4.01. The van der Waals surface area contributed by atoms with Crippen LogP contribution in [0, 0.1) is 11.6 Å². The maximum Gasteiger partial charge on any atom is 0.225 e. The largest absolute Gasteiger partial charge is 0.494 e. The molecule has 1 aromatic heterocycles. The lowest BCUT2D eigenvalue weighted by atomic mass is 10.1. The Morgan fingerprint density at radius 1 is 1.12 bits per heavy atom. The van der Waals surface area contributed by atoms with Crippen LogP contribution in [0.4, 0.5) is 14.7 Å². The molecule has 0 saturated carbocycles. The van der Waals surface area contributed by atoms with Crippen molar-refractivity contribution in [3.8, 4) is 5.75 Å². The highest BCUT2D eigenvalue weighted by Gasteiger charge is 2.22. The van der Waals surface area contributed by atoms with E-state index in [9.17, 15) is 8.78 Å². The zero-order chi connectivity index (χ0) is 17.1. The van der Waals surface area contributed by atoms with Crippen molar-refractivity contribution in [1.82, 2.24) is 14.9 Å². The topological polar surface area (TPSA) is 41.5 Å². The minimum Gasteiger partial charge on any atom is -0.494 e. The van der Waals surface area contributed by atoms with Crippen LogP contribution < -0.4 is 9.64 Å². The Kier molecular flexibility index (Phi) is 5.11. The number of methoxy groups -OCH3 is 1. The Morgan fingerprint density at radius 3 is 2.42 bits per heavy atom. The van der Waals surface area contributed by atoms with Crippen LogP contribution in [0.25, 0.3) is 0 Å². The van der Waals surface area contributed by atoms with Crippen molar-refractivity contribution < 1.29 is 13.5 Å². The van der Waals surface area contributed by atoms with E-state index in [1.807, 2.05) is 4.90 Å². The molecule has 0 radical (unpaired) electrons. The fraction of sp³-hybridized carbons (Fsp3) is 0.375. The van der Waals surface area contributed by atoms with Gasteiger partial charge in [0, 0.05) is 43.3 Å². The summed E-state index contributed by atoms with van der Waals surface area (Å²) in [6.45, 7) is 3.16. The van der Waals surface area contributed by atoms with Crippen LogP contribution in [0.5, 0.6) is 5.75 Å². The number of rotatable bonds is 4. The minimum atomic E-state index is -0.458. The zero-order valence-corrected chi connectivity index (χ0v) is 13.9. The SMILES string of the molecule is COc1ccc(Cl)c(CN2CCN(c3ncc(F)cn3)CC2)c1F. The lowest BCUT2D eigenvalue weighted by Crippen LogP contribution is -2.46. The lowest BCUT2D eigenvalue weighted by Gasteiger charge is -2.34. The number of hydrogen-bond donors (Lipinski definition) is 0. The van der Waals surface area contributed by atoms with Gasteiger partial charge in [-0.25, -0.2) is 18.7 Å². The van der Waals surface area contributed by atoms with E-state index >= 15 is 0 Å². The Balaban J connectivity index is 1.64. The molecule has 8 heteroatoms. The van der Waals surface area contributed by atoms with Gasteiger partial charge in [0.25, 0.3) is 0 Å². The first kappa shape index (κ1) is 16.9. The molecule has 0 N–H and O–H groups in total. The van der Waals surface area contributed by atoms with Gasteiger partial charge in [-0.2, -0.15) is 0 Å². The predicted octanol–water partition coefficient (Wildman–Crippen LogP) is 2.74. The summed E-state index contributed by atoms with van der Waals surface area (Å²) in [6.07, 6.45) is 2.31. The van der Waals surface area contributed by atoms with Crippen LogP contribution in [-0.4, -0.2) is 48.2 Å². The summed E-state index contributed by atoms with van der Waals surface area (Å²) in [6, 6.07) is 3.16. The monoisotopic (exact) mass is 354 g/mol. The first-order valence-corrected chi connectivity index (χ1v) is 7.92. The molecule has 24 heavy (non-hydrogen) atoms. The molecule has 0 unspecified atom stereocenters. The van der Waals surface area contributed by atoms with E-state index in [1.54, 1.807) is 6.07 Å². The van der Waals surface area contributed by atoms with Gasteiger partial charge >= 0.3 is 0 Å². The minimum absolute atomic E-state index is 0.188. The van der Waals surface area contributed by atoms with Crippen molar-refractivity contribution in [2.45, 2.75) is 6.54 Å². The number of hydrogen-bond acceptors (Lipinski definition) is 5. The molecule has 1 aliphatic heterocycles. The smallest absolute Gasteiger partial charge is 0.225 e. The van der Waals surface area contributed by atoms with E-state index < -0.39 is 11.6 Å². The average Bonchev–Trinajstić information content (AvgIpc) is 2.60. The van der Waals surface area contributed by atoms with E-state index in [0.717, 1.165) is 12.4 Å². The number of piperazine rings is 1. The van der Waals surface area contributed by atoms with Crippen LogP contribution in [0.2, 0.25) is 5.02 Å². The van der Waals surface area contributed by atoms with Crippen LogP contribution >= 0.6 is 11.6 Å². The van der Waals surface area contributed by atoms with Crippen LogP contribution in [0.1, 0.15) is 5.56 Å². The Labute approximate surface area is 143 Å². The van der Waals surface area contributed by atoms with Gasteiger partial charge in [-0.15, -0.1) is 0 Å².